The quantitative estimate of drug-likeness (QED) is 0.773. The third kappa shape index (κ3) is 2.86. The Morgan fingerprint density at radius 2 is 1.92 bits per heavy atom. The number of pyridine rings is 1. The first-order valence-electron chi connectivity index (χ1n) is 8.12. The fourth-order valence-electron chi connectivity index (χ4n) is 3.14. The van der Waals surface area contributed by atoms with Gasteiger partial charge in [0, 0.05) is 25.8 Å². The molecule has 1 aliphatic rings. The zero-order chi connectivity index (χ0) is 19.2. The van der Waals surface area contributed by atoms with Gasteiger partial charge in [-0.25, -0.2) is 13.2 Å². The molecule has 1 saturated heterocycles. The van der Waals surface area contributed by atoms with Crippen molar-refractivity contribution >= 4 is 16.8 Å². The Bertz CT molecular complexity index is 944. The number of aliphatic hydroxyl groups excluding tert-OH is 2. The van der Waals surface area contributed by atoms with Gasteiger partial charge in [-0.2, -0.15) is 0 Å². The summed E-state index contributed by atoms with van der Waals surface area (Å²) in [7, 11) is 0. The van der Waals surface area contributed by atoms with Crippen molar-refractivity contribution in [1.82, 2.24) is 9.47 Å². The molecule has 1 aliphatic heterocycles. The molecule has 0 spiro atoms. The second kappa shape index (κ2) is 6.73. The Balaban J connectivity index is 2.16. The van der Waals surface area contributed by atoms with E-state index in [-0.39, 0.29) is 31.6 Å². The van der Waals surface area contributed by atoms with E-state index in [0.29, 0.717) is 6.07 Å². The van der Waals surface area contributed by atoms with Crippen molar-refractivity contribution < 1.29 is 28.2 Å². The standard InChI is InChI=1S/C17H17F3N2O4/c1-2-21-6-9(17(26)22-4-3-11(23)12(24)7-22)16(25)8-5-10(18)13(19)14(20)15(8)21/h5-6,11-12,23-24H,2-4,7H2,1H3/t11-,12-/m1/s1. The number of hydrogen-bond donors (Lipinski definition) is 2. The van der Waals surface area contributed by atoms with Gasteiger partial charge in [-0.05, 0) is 19.4 Å². The fourth-order valence-corrected chi connectivity index (χ4v) is 3.14. The number of fused-ring (bicyclic) bond motifs is 1. The van der Waals surface area contributed by atoms with E-state index >= 15 is 0 Å². The van der Waals surface area contributed by atoms with Crippen LogP contribution < -0.4 is 5.43 Å². The molecule has 140 valence electrons. The molecule has 1 fully saturated rings. The maximum Gasteiger partial charge on any atom is 0.259 e. The molecule has 2 atom stereocenters. The second-order valence-electron chi connectivity index (χ2n) is 6.21. The molecule has 1 amide bonds. The minimum Gasteiger partial charge on any atom is -0.390 e. The van der Waals surface area contributed by atoms with Crippen molar-refractivity contribution in [3.8, 4) is 0 Å². The number of hydrogen-bond acceptors (Lipinski definition) is 4. The Morgan fingerprint density at radius 1 is 1.23 bits per heavy atom. The van der Waals surface area contributed by atoms with Crippen LogP contribution in [0.5, 0.6) is 0 Å². The first kappa shape index (κ1) is 18.4. The minimum atomic E-state index is -1.69. The van der Waals surface area contributed by atoms with Gasteiger partial charge in [0.2, 0.25) is 5.43 Å². The van der Waals surface area contributed by atoms with Crippen molar-refractivity contribution in [2.24, 2.45) is 0 Å². The number of aromatic nitrogens is 1. The Kier molecular flexibility index (Phi) is 4.76. The predicted molar refractivity (Wildman–Crippen MR) is 86.3 cm³/mol. The lowest BCUT2D eigenvalue weighted by atomic mass is 10.0. The topological polar surface area (TPSA) is 82.8 Å². The number of aliphatic hydroxyl groups is 2. The summed E-state index contributed by atoms with van der Waals surface area (Å²) >= 11 is 0. The first-order valence-corrected chi connectivity index (χ1v) is 8.12. The number of halogens is 3. The van der Waals surface area contributed by atoms with Gasteiger partial charge in [-0.15, -0.1) is 0 Å². The third-order valence-electron chi connectivity index (χ3n) is 4.60. The van der Waals surface area contributed by atoms with Gasteiger partial charge in [0.15, 0.2) is 17.5 Å². The van der Waals surface area contributed by atoms with E-state index in [1.165, 1.54) is 4.90 Å². The lowest BCUT2D eigenvalue weighted by molar-refractivity contribution is -0.0322. The fraction of sp³-hybridized carbons (Fsp3) is 0.412. The number of carbonyl (C=O) groups excluding carboxylic acids is 1. The van der Waals surface area contributed by atoms with E-state index in [0.717, 1.165) is 10.8 Å². The molecule has 3 rings (SSSR count). The number of rotatable bonds is 2. The predicted octanol–water partition coefficient (Wildman–Crippen LogP) is 1.01. The van der Waals surface area contributed by atoms with Crippen LogP contribution >= 0.6 is 0 Å². The van der Waals surface area contributed by atoms with Crippen LogP contribution in [0, 0.1) is 17.5 Å². The van der Waals surface area contributed by atoms with Crippen LogP contribution in [0.25, 0.3) is 10.9 Å². The molecule has 2 heterocycles. The van der Waals surface area contributed by atoms with Crippen LogP contribution in [0.3, 0.4) is 0 Å². The van der Waals surface area contributed by atoms with Crippen LogP contribution in [0.4, 0.5) is 13.2 Å². The van der Waals surface area contributed by atoms with Crippen molar-refractivity contribution in [3.63, 3.8) is 0 Å². The van der Waals surface area contributed by atoms with E-state index in [2.05, 4.69) is 0 Å². The molecule has 0 radical (unpaired) electrons. The maximum atomic E-state index is 14.1. The first-order chi connectivity index (χ1) is 12.3. The van der Waals surface area contributed by atoms with E-state index in [9.17, 15) is 33.0 Å². The number of carbonyl (C=O) groups is 1. The minimum absolute atomic E-state index is 0.111. The third-order valence-corrected chi connectivity index (χ3v) is 4.60. The van der Waals surface area contributed by atoms with Crippen LogP contribution in [0.2, 0.25) is 0 Å². The summed E-state index contributed by atoms with van der Waals surface area (Å²) in [5.74, 6) is -5.42. The highest BCUT2D eigenvalue weighted by molar-refractivity contribution is 5.97. The molecule has 1 aromatic heterocycles. The van der Waals surface area contributed by atoms with Gasteiger partial charge in [0.05, 0.1) is 23.1 Å². The highest BCUT2D eigenvalue weighted by Crippen LogP contribution is 2.22. The largest absolute Gasteiger partial charge is 0.390 e. The average Bonchev–Trinajstić information content (AvgIpc) is 2.62. The van der Waals surface area contributed by atoms with Gasteiger partial charge < -0.3 is 19.7 Å². The average molecular weight is 370 g/mol. The zero-order valence-corrected chi connectivity index (χ0v) is 13.9. The summed E-state index contributed by atoms with van der Waals surface area (Å²) in [6.45, 7) is 1.66. The molecular formula is C17H17F3N2O4. The molecule has 2 N–H and O–H groups in total. The Labute approximate surface area is 146 Å². The summed E-state index contributed by atoms with van der Waals surface area (Å²) < 4.78 is 42.4. The van der Waals surface area contributed by atoms with E-state index in [4.69, 9.17) is 0 Å². The number of β-amino-alcohol motifs (C(OH)–C–C–N with tert-alkyl or cyclic N) is 1. The smallest absolute Gasteiger partial charge is 0.259 e. The lowest BCUT2D eigenvalue weighted by Gasteiger charge is -2.33. The van der Waals surface area contributed by atoms with Crippen LogP contribution in [0.1, 0.15) is 23.7 Å². The van der Waals surface area contributed by atoms with Gasteiger partial charge >= 0.3 is 0 Å². The summed E-state index contributed by atoms with van der Waals surface area (Å²) in [6, 6.07) is 0.577. The SMILES string of the molecule is CCn1cc(C(=O)N2CC[C@@H](O)[C@H](O)C2)c(=O)c2cc(F)c(F)c(F)c21. The van der Waals surface area contributed by atoms with Gasteiger partial charge in [-0.1, -0.05) is 0 Å². The van der Waals surface area contributed by atoms with Crippen molar-refractivity contribution in [2.45, 2.75) is 32.1 Å². The Morgan fingerprint density at radius 3 is 2.54 bits per heavy atom. The van der Waals surface area contributed by atoms with Crippen molar-refractivity contribution in [3.05, 3.63) is 45.5 Å². The molecule has 0 aliphatic carbocycles. The molecule has 2 aromatic rings. The van der Waals surface area contributed by atoms with E-state index in [1.807, 2.05) is 0 Å². The van der Waals surface area contributed by atoms with Crippen LogP contribution in [-0.4, -0.2) is 50.9 Å². The zero-order valence-electron chi connectivity index (χ0n) is 13.9. The molecule has 0 unspecified atom stereocenters. The van der Waals surface area contributed by atoms with Gasteiger partial charge in [0.1, 0.15) is 5.56 Å². The molecule has 1 aromatic carbocycles. The van der Waals surface area contributed by atoms with Crippen molar-refractivity contribution in [2.75, 3.05) is 13.1 Å². The number of amides is 1. The number of nitrogens with zero attached hydrogens (tertiary/aromatic N) is 2. The molecule has 0 saturated carbocycles. The van der Waals surface area contributed by atoms with Crippen LogP contribution in [0.15, 0.2) is 17.1 Å². The van der Waals surface area contributed by atoms with Gasteiger partial charge in [-0.3, -0.25) is 9.59 Å². The van der Waals surface area contributed by atoms with Gasteiger partial charge in [0.25, 0.3) is 5.91 Å². The molecule has 6 nitrogen and oxygen atoms in total. The lowest BCUT2D eigenvalue weighted by Crippen LogP contribution is -2.49. The summed E-state index contributed by atoms with van der Waals surface area (Å²) in [5, 5.41) is 18.8. The normalized spacial score (nSPS) is 20.6. The maximum absolute atomic E-state index is 14.1. The summed E-state index contributed by atoms with van der Waals surface area (Å²) in [5.41, 5.74) is -1.68. The summed E-state index contributed by atoms with van der Waals surface area (Å²) in [4.78, 5) is 26.5. The number of likely N-dealkylation sites (tertiary alicyclic amines) is 1. The molecular weight excluding hydrogens is 353 g/mol. The number of piperidine rings is 1. The highest BCUT2D eigenvalue weighted by Gasteiger charge is 2.31. The van der Waals surface area contributed by atoms with E-state index < -0.39 is 51.9 Å². The highest BCUT2D eigenvalue weighted by atomic mass is 19.2. The number of aryl methyl sites for hydroxylation is 1. The van der Waals surface area contributed by atoms with Crippen molar-refractivity contribution in [1.29, 1.82) is 0 Å². The van der Waals surface area contributed by atoms with E-state index in [1.54, 1.807) is 6.92 Å². The van der Waals surface area contributed by atoms with Crippen LogP contribution in [-0.2, 0) is 6.54 Å². The molecule has 0 bridgehead atoms. The number of benzene rings is 1. The second-order valence-corrected chi connectivity index (χ2v) is 6.21. The monoisotopic (exact) mass is 370 g/mol. The Hall–Kier alpha value is -2.39. The summed E-state index contributed by atoms with van der Waals surface area (Å²) in [6.07, 6.45) is -0.874. The molecule has 9 heteroatoms. The molecule has 26 heavy (non-hydrogen) atoms.